The molecule has 0 saturated heterocycles. The second kappa shape index (κ2) is 5.53. The maximum absolute atomic E-state index is 12.0. The number of aliphatic carboxylic acids is 1. The maximum Gasteiger partial charge on any atom is 0.323 e. The summed E-state index contributed by atoms with van der Waals surface area (Å²) in [5, 5.41) is 11.6. The largest absolute Gasteiger partial charge is 0.480 e. The highest BCUT2D eigenvalue weighted by Crippen LogP contribution is 2.14. The van der Waals surface area contributed by atoms with Gasteiger partial charge in [0.25, 0.3) is 0 Å². The number of carbonyl (C=O) groups is 2. The minimum absolute atomic E-state index is 0.369. The first kappa shape index (κ1) is 14.0. The molecule has 1 aromatic rings. The lowest BCUT2D eigenvalue weighted by atomic mass is 10.1. The molecule has 0 aromatic heterocycles. The van der Waals surface area contributed by atoms with E-state index >= 15 is 0 Å². The van der Waals surface area contributed by atoms with Crippen molar-refractivity contribution in [3.8, 4) is 0 Å². The van der Waals surface area contributed by atoms with Crippen LogP contribution in [0, 0.1) is 0 Å². The van der Waals surface area contributed by atoms with Gasteiger partial charge in [-0.3, -0.25) is 9.69 Å². The van der Waals surface area contributed by atoms with Gasteiger partial charge in [0.1, 0.15) is 6.54 Å². The molecule has 0 atom stereocenters. The fourth-order valence-electron chi connectivity index (χ4n) is 1.41. The molecule has 0 unspecified atom stereocenters. The average Bonchev–Trinajstić information content (AvgIpc) is 2.24. The van der Waals surface area contributed by atoms with Crippen LogP contribution in [0.4, 0.5) is 10.5 Å². The van der Waals surface area contributed by atoms with Crippen molar-refractivity contribution in [2.24, 2.45) is 0 Å². The molecule has 0 aliphatic heterocycles. The third kappa shape index (κ3) is 4.45. The number of carbonyl (C=O) groups excluding carboxylic acids is 1. The summed E-state index contributed by atoms with van der Waals surface area (Å²) in [7, 11) is 0. The minimum Gasteiger partial charge on any atom is -0.480 e. The number of hydrogen-bond donors (Lipinski definition) is 2. The van der Waals surface area contributed by atoms with E-state index in [1.807, 2.05) is 26.8 Å². The van der Waals surface area contributed by atoms with Gasteiger partial charge in [0.15, 0.2) is 0 Å². The third-order valence-corrected chi connectivity index (χ3v) is 2.09. The summed E-state index contributed by atoms with van der Waals surface area (Å²) in [6, 6.07) is 8.31. The summed E-state index contributed by atoms with van der Waals surface area (Å²) in [6.07, 6.45) is 0. The van der Waals surface area contributed by atoms with Crippen LogP contribution in [0.3, 0.4) is 0 Å². The van der Waals surface area contributed by atoms with Gasteiger partial charge in [-0.15, -0.1) is 0 Å². The Kier molecular flexibility index (Phi) is 4.31. The SMILES string of the molecule is CC(C)(C)NC(=O)N(CC(=O)O)c1ccccc1. The van der Waals surface area contributed by atoms with Crippen LogP contribution in [-0.4, -0.2) is 29.2 Å². The van der Waals surface area contributed by atoms with E-state index in [-0.39, 0.29) is 6.54 Å². The van der Waals surface area contributed by atoms with Crippen molar-refractivity contribution >= 4 is 17.7 Å². The number of nitrogens with one attached hydrogen (secondary N) is 1. The van der Waals surface area contributed by atoms with Gasteiger partial charge in [-0.2, -0.15) is 0 Å². The number of carboxylic acid groups (broad SMARTS) is 1. The normalized spacial score (nSPS) is 10.8. The molecule has 18 heavy (non-hydrogen) atoms. The van der Waals surface area contributed by atoms with Gasteiger partial charge in [-0.25, -0.2) is 4.79 Å². The van der Waals surface area contributed by atoms with Crippen LogP contribution in [0.2, 0.25) is 0 Å². The average molecular weight is 250 g/mol. The van der Waals surface area contributed by atoms with Crippen LogP contribution in [-0.2, 0) is 4.79 Å². The van der Waals surface area contributed by atoms with Gasteiger partial charge in [-0.05, 0) is 32.9 Å². The van der Waals surface area contributed by atoms with Crippen molar-refractivity contribution < 1.29 is 14.7 Å². The molecule has 98 valence electrons. The molecule has 1 rings (SSSR count). The highest BCUT2D eigenvalue weighted by Gasteiger charge is 2.22. The van der Waals surface area contributed by atoms with Crippen LogP contribution in [0.5, 0.6) is 0 Å². The van der Waals surface area contributed by atoms with Crippen molar-refractivity contribution in [2.75, 3.05) is 11.4 Å². The number of nitrogens with zero attached hydrogens (tertiary/aromatic N) is 1. The summed E-state index contributed by atoms with van der Waals surface area (Å²) >= 11 is 0. The van der Waals surface area contributed by atoms with Crippen LogP contribution >= 0.6 is 0 Å². The van der Waals surface area contributed by atoms with Crippen molar-refractivity contribution in [1.82, 2.24) is 5.32 Å². The molecule has 5 nitrogen and oxygen atoms in total. The second-order valence-corrected chi connectivity index (χ2v) is 5.00. The van der Waals surface area contributed by atoms with Crippen LogP contribution in [0.25, 0.3) is 0 Å². The Bertz CT molecular complexity index is 424. The van der Waals surface area contributed by atoms with Crippen LogP contribution in [0.1, 0.15) is 20.8 Å². The lowest BCUT2D eigenvalue weighted by Gasteiger charge is -2.27. The van der Waals surface area contributed by atoms with Crippen LogP contribution < -0.4 is 10.2 Å². The molecule has 0 aliphatic carbocycles. The Hall–Kier alpha value is -2.04. The van der Waals surface area contributed by atoms with Crippen molar-refractivity contribution in [3.05, 3.63) is 30.3 Å². The first-order valence-corrected chi connectivity index (χ1v) is 5.66. The molecule has 0 spiro atoms. The third-order valence-electron chi connectivity index (χ3n) is 2.09. The van der Waals surface area contributed by atoms with E-state index in [0.29, 0.717) is 5.69 Å². The Morgan fingerprint density at radius 1 is 1.22 bits per heavy atom. The van der Waals surface area contributed by atoms with Gasteiger partial charge in [0.2, 0.25) is 0 Å². The first-order valence-electron chi connectivity index (χ1n) is 5.66. The number of rotatable bonds is 3. The number of anilines is 1. The van der Waals surface area contributed by atoms with E-state index in [2.05, 4.69) is 5.32 Å². The quantitative estimate of drug-likeness (QED) is 0.863. The van der Waals surface area contributed by atoms with E-state index in [0.717, 1.165) is 0 Å². The molecule has 2 N–H and O–H groups in total. The molecular formula is C13H18N2O3. The molecule has 0 fully saturated rings. The Balaban J connectivity index is 2.92. The predicted octanol–water partition coefficient (Wildman–Crippen LogP) is 2.09. The van der Waals surface area contributed by atoms with Crippen molar-refractivity contribution in [2.45, 2.75) is 26.3 Å². The van der Waals surface area contributed by atoms with Gasteiger partial charge >= 0.3 is 12.0 Å². The molecule has 0 saturated carbocycles. The van der Waals surface area contributed by atoms with Crippen LogP contribution in [0.15, 0.2) is 30.3 Å². The van der Waals surface area contributed by atoms with Gasteiger partial charge < -0.3 is 10.4 Å². The van der Waals surface area contributed by atoms with Gasteiger partial charge in [-0.1, -0.05) is 18.2 Å². The predicted molar refractivity (Wildman–Crippen MR) is 69.7 cm³/mol. The van der Waals surface area contributed by atoms with E-state index in [1.165, 1.54) is 4.90 Å². The number of para-hydroxylation sites is 1. The zero-order valence-electron chi connectivity index (χ0n) is 10.8. The monoisotopic (exact) mass is 250 g/mol. The minimum atomic E-state index is -1.05. The highest BCUT2D eigenvalue weighted by molar-refractivity contribution is 5.96. The number of hydrogen-bond acceptors (Lipinski definition) is 2. The first-order chi connectivity index (χ1) is 8.29. The molecule has 0 bridgehead atoms. The number of amides is 2. The molecule has 0 heterocycles. The molecular weight excluding hydrogens is 232 g/mol. The van der Waals surface area contributed by atoms with Gasteiger partial charge in [0.05, 0.1) is 0 Å². The van der Waals surface area contributed by atoms with Crippen molar-refractivity contribution in [1.29, 1.82) is 0 Å². The zero-order valence-corrected chi connectivity index (χ0v) is 10.8. The van der Waals surface area contributed by atoms with E-state index in [4.69, 9.17) is 5.11 Å². The second-order valence-electron chi connectivity index (χ2n) is 5.00. The lowest BCUT2D eigenvalue weighted by molar-refractivity contribution is -0.135. The molecule has 2 amide bonds. The molecule has 0 radical (unpaired) electrons. The smallest absolute Gasteiger partial charge is 0.323 e. The van der Waals surface area contributed by atoms with Crippen molar-refractivity contribution in [3.63, 3.8) is 0 Å². The standard InChI is InChI=1S/C13H18N2O3/c1-13(2,3)14-12(18)15(9-11(16)17)10-7-5-4-6-8-10/h4-8H,9H2,1-3H3,(H,14,18)(H,16,17). The molecule has 5 heteroatoms. The maximum atomic E-state index is 12.0. The van der Waals surface area contributed by atoms with E-state index < -0.39 is 17.5 Å². The Labute approximate surface area is 106 Å². The van der Waals surface area contributed by atoms with E-state index in [1.54, 1.807) is 24.3 Å². The lowest BCUT2D eigenvalue weighted by Crippen LogP contribution is -2.50. The summed E-state index contributed by atoms with van der Waals surface area (Å²) < 4.78 is 0. The number of benzene rings is 1. The van der Waals surface area contributed by atoms with Gasteiger partial charge in [0, 0.05) is 11.2 Å². The highest BCUT2D eigenvalue weighted by atomic mass is 16.4. The fourth-order valence-corrected chi connectivity index (χ4v) is 1.41. The topological polar surface area (TPSA) is 69.6 Å². The molecule has 1 aromatic carbocycles. The number of carboxylic acids is 1. The summed E-state index contributed by atoms with van der Waals surface area (Å²) in [5.41, 5.74) is 0.143. The Morgan fingerprint density at radius 2 is 1.78 bits per heavy atom. The molecule has 0 aliphatic rings. The Morgan fingerprint density at radius 3 is 2.22 bits per heavy atom. The zero-order chi connectivity index (χ0) is 13.8. The summed E-state index contributed by atoms with van der Waals surface area (Å²) in [6.45, 7) is 5.16. The summed E-state index contributed by atoms with van der Waals surface area (Å²) in [4.78, 5) is 24.1. The fraction of sp³-hybridized carbons (Fsp3) is 0.385. The number of urea groups is 1. The summed E-state index contributed by atoms with van der Waals surface area (Å²) in [5.74, 6) is -1.05. The van der Waals surface area contributed by atoms with E-state index in [9.17, 15) is 9.59 Å².